The molecule has 4 nitrogen and oxygen atoms in total. The highest BCUT2D eigenvalue weighted by Crippen LogP contribution is 2.21. The summed E-state index contributed by atoms with van der Waals surface area (Å²) >= 11 is 0. The summed E-state index contributed by atoms with van der Waals surface area (Å²) in [6, 6.07) is 2.60. The summed E-state index contributed by atoms with van der Waals surface area (Å²) in [4.78, 5) is 7.82. The van der Waals surface area contributed by atoms with E-state index in [-0.39, 0.29) is 12.0 Å². The maximum absolute atomic E-state index is 13.1. The lowest BCUT2D eigenvalue weighted by Gasteiger charge is -2.12. The Morgan fingerprint density at radius 1 is 1.15 bits per heavy atom. The third-order valence-electron chi connectivity index (χ3n) is 2.77. The van der Waals surface area contributed by atoms with Crippen LogP contribution in [0.5, 0.6) is 5.88 Å². The summed E-state index contributed by atoms with van der Waals surface area (Å²) in [5.74, 6) is -3.69. The Morgan fingerprint density at radius 2 is 1.80 bits per heavy atom. The number of aromatic nitrogens is 2. The van der Waals surface area contributed by atoms with E-state index >= 15 is 0 Å². The summed E-state index contributed by atoms with van der Waals surface area (Å²) in [5.41, 5.74) is 6.55. The van der Waals surface area contributed by atoms with E-state index < -0.39 is 23.5 Å². The average Bonchev–Trinajstić information content (AvgIpc) is 2.44. The Kier molecular flexibility index (Phi) is 4.19. The smallest absolute Gasteiger partial charge is 0.216 e. The number of nitrogens with zero attached hydrogens (tertiary/aromatic N) is 2. The van der Waals surface area contributed by atoms with Crippen LogP contribution in [0.15, 0.2) is 24.5 Å². The molecule has 0 saturated carbocycles. The van der Waals surface area contributed by atoms with Gasteiger partial charge in [-0.1, -0.05) is 0 Å². The molecule has 0 aliphatic rings. The van der Waals surface area contributed by atoms with E-state index in [0.717, 1.165) is 12.1 Å². The van der Waals surface area contributed by atoms with Gasteiger partial charge in [-0.25, -0.2) is 23.1 Å². The van der Waals surface area contributed by atoms with Crippen LogP contribution in [0, 0.1) is 17.5 Å². The van der Waals surface area contributed by atoms with Crippen molar-refractivity contribution in [3.8, 4) is 5.88 Å². The molecule has 1 unspecified atom stereocenters. The Balaban J connectivity index is 2.21. The van der Waals surface area contributed by atoms with Crippen molar-refractivity contribution in [3.63, 3.8) is 0 Å². The van der Waals surface area contributed by atoms with Gasteiger partial charge in [0.2, 0.25) is 5.88 Å². The molecule has 0 aliphatic heterocycles. The third-order valence-corrected chi connectivity index (χ3v) is 2.77. The molecule has 0 spiro atoms. The summed E-state index contributed by atoms with van der Waals surface area (Å²) < 4.78 is 44.1. The van der Waals surface area contributed by atoms with Crippen LogP contribution in [-0.4, -0.2) is 17.1 Å². The van der Waals surface area contributed by atoms with Crippen LogP contribution in [0.4, 0.5) is 13.2 Å². The number of nitrogens with two attached hydrogens (primary N) is 1. The topological polar surface area (TPSA) is 61.0 Å². The number of ether oxygens (including phenoxy) is 1. The molecule has 1 aromatic heterocycles. The molecule has 0 amide bonds. The lowest BCUT2D eigenvalue weighted by Crippen LogP contribution is -2.15. The van der Waals surface area contributed by atoms with Crippen LogP contribution in [-0.2, 0) is 6.42 Å². The van der Waals surface area contributed by atoms with Gasteiger partial charge in [-0.2, -0.15) is 0 Å². The number of hydrogen-bond donors (Lipinski definition) is 1. The van der Waals surface area contributed by atoms with Gasteiger partial charge in [0.05, 0.1) is 7.11 Å². The molecule has 2 aromatic rings. The van der Waals surface area contributed by atoms with E-state index in [2.05, 4.69) is 9.97 Å². The second kappa shape index (κ2) is 5.87. The van der Waals surface area contributed by atoms with Gasteiger partial charge in [0.25, 0.3) is 0 Å². The van der Waals surface area contributed by atoms with Gasteiger partial charge in [-0.3, -0.25) is 0 Å². The van der Waals surface area contributed by atoms with Gasteiger partial charge < -0.3 is 10.5 Å². The molecule has 0 aliphatic carbocycles. The van der Waals surface area contributed by atoms with Crippen molar-refractivity contribution in [2.24, 2.45) is 5.73 Å². The van der Waals surface area contributed by atoms with Crippen LogP contribution in [0.2, 0.25) is 0 Å². The van der Waals surface area contributed by atoms with Crippen molar-refractivity contribution < 1.29 is 17.9 Å². The Bertz CT molecular complexity index is 599. The summed E-state index contributed by atoms with van der Waals surface area (Å²) in [7, 11) is 1.46. The average molecular weight is 283 g/mol. The second-order valence-corrected chi connectivity index (χ2v) is 4.16. The van der Waals surface area contributed by atoms with Crippen LogP contribution in [0.25, 0.3) is 0 Å². The fourth-order valence-corrected chi connectivity index (χ4v) is 1.73. The number of rotatable bonds is 4. The van der Waals surface area contributed by atoms with Crippen molar-refractivity contribution in [2.75, 3.05) is 7.11 Å². The standard InChI is InChI=1S/C13H12F3N3O/c1-20-12-5-8(18-6-19-12)4-11(17)7-2-9(14)13(16)10(15)3-7/h2-3,5-6,11H,4,17H2,1H3. The minimum atomic E-state index is -1.51. The molecule has 1 aromatic carbocycles. The third kappa shape index (κ3) is 3.05. The molecular weight excluding hydrogens is 271 g/mol. The lowest BCUT2D eigenvalue weighted by molar-refractivity contribution is 0.395. The van der Waals surface area contributed by atoms with E-state index in [1.54, 1.807) is 6.07 Å². The predicted octanol–water partition coefficient (Wildman–Crippen LogP) is 2.15. The highest BCUT2D eigenvalue weighted by molar-refractivity contribution is 5.24. The molecule has 0 fully saturated rings. The molecule has 1 heterocycles. The van der Waals surface area contributed by atoms with Crippen molar-refractivity contribution in [1.29, 1.82) is 0 Å². The first-order valence-electron chi connectivity index (χ1n) is 5.76. The largest absolute Gasteiger partial charge is 0.481 e. The molecule has 1 atom stereocenters. The Morgan fingerprint density at radius 3 is 2.40 bits per heavy atom. The van der Waals surface area contributed by atoms with Crippen molar-refractivity contribution >= 4 is 0 Å². The first-order valence-corrected chi connectivity index (χ1v) is 5.76. The minimum absolute atomic E-state index is 0.152. The van der Waals surface area contributed by atoms with Crippen LogP contribution >= 0.6 is 0 Å². The van der Waals surface area contributed by atoms with Crippen LogP contribution < -0.4 is 10.5 Å². The summed E-state index contributed by atoms with van der Waals surface area (Å²) in [6.45, 7) is 0. The van der Waals surface area contributed by atoms with Gasteiger partial charge in [0.15, 0.2) is 17.5 Å². The predicted molar refractivity (Wildman–Crippen MR) is 65.5 cm³/mol. The molecule has 0 radical (unpaired) electrons. The van der Waals surface area contributed by atoms with Gasteiger partial charge in [-0.05, 0) is 17.7 Å². The molecular formula is C13H12F3N3O. The first-order chi connectivity index (χ1) is 9.51. The van der Waals surface area contributed by atoms with Gasteiger partial charge in [0, 0.05) is 24.2 Å². The lowest BCUT2D eigenvalue weighted by atomic mass is 10.0. The maximum Gasteiger partial charge on any atom is 0.216 e. The molecule has 0 bridgehead atoms. The van der Waals surface area contributed by atoms with Crippen molar-refractivity contribution in [2.45, 2.75) is 12.5 Å². The molecule has 0 saturated heterocycles. The fraction of sp³-hybridized carbons (Fsp3) is 0.231. The van der Waals surface area contributed by atoms with Crippen LogP contribution in [0.1, 0.15) is 17.3 Å². The zero-order chi connectivity index (χ0) is 14.7. The normalized spacial score (nSPS) is 12.2. The van der Waals surface area contributed by atoms with E-state index in [1.807, 2.05) is 0 Å². The molecule has 7 heteroatoms. The highest BCUT2D eigenvalue weighted by atomic mass is 19.2. The van der Waals surface area contributed by atoms with Crippen molar-refractivity contribution in [3.05, 3.63) is 53.2 Å². The molecule has 2 rings (SSSR count). The zero-order valence-corrected chi connectivity index (χ0v) is 10.6. The second-order valence-electron chi connectivity index (χ2n) is 4.16. The maximum atomic E-state index is 13.1. The fourth-order valence-electron chi connectivity index (χ4n) is 1.73. The molecule has 106 valence electrons. The van der Waals surface area contributed by atoms with Gasteiger partial charge in [-0.15, -0.1) is 0 Å². The van der Waals surface area contributed by atoms with E-state index in [1.165, 1.54) is 13.4 Å². The Hall–Kier alpha value is -2.15. The molecule has 2 N–H and O–H groups in total. The van der Waals surface area contributed by atoms with Crippen LogP contribution in [0.3, 0.4) is 0 Å². The van der Waals surface area contributed by atoms with Gasteiger partial charge in [0.1, 0.15) is 6.33 Å². The van der Waals surface area contributed by atoms with Crippen molar-refractivity contribution in [1.82, 2.24) is 9.97 Å². The Labute approximate surface area is 113 Å². The number of benzene rings is 1. The summed E-state index contributed by atoms with van der Waals surface area (Å²) in [5, 5.41) is 0. The number of hydrogen-bond acceptors (Lipinski definition) is 4. The van der Waals surface area contributed by atoms with E-state index in [0.29, 0.717) is 11.6 Å². The SMILES string of the molecule is COc1cc(CC(N)c2cc(F)c(F)c(F)c2)ncn1. The number of halogens is 3. The van der Waals surface area contributed by atoms with E-state index in [4.69, 9.17) is 10.5 Å². The summed E-state index contributed by atoms with van der Waals surface area (Å²) in [6.07, 6.45) is 1.51. The highest BCUT2D eigenvalue weighted by Gasteiger charge is 2.15. The molecule has 20 heavy (non-hydrogen) atoms. The van der Waals surface area contributed by atoms with E-state index in [9.17, 15) is 13.2 Å². The first kappa shape index (κ1) is 14.3. The quantitative estimate of drug-likeness (QED) is 0.873. The number of methoxy groups -OCH3 is 1. The zero-order valence-electron chi connectivity index (χ0n) is 10.6. The van der Waals surface area contributed by atoms with Gasteiger partial charge >= 0.3 is 0 Å². The monoisotopic (exact) mass is 283 g/mol. The minimum Gasteiger partial charge on any atom is -0.481 e.